The monoisotopic (exact) mass is 200 g/mol. The zero-order valence-corrected chi connectivity index (χ0v) is 9.30. The van der Waals surface area contributed by atoms with Crippen LogP contribution in [0.25, 0.3) is 0 Å². The lowest BCUT2D eigenvalue weighted by Gasteiger charge is -2.10. The predicted octanol–water partition coefficient (Wildman–Crippen LogP) is 3.13. The summed E-state index contributed by atoms with van der Waals surface area (Å²) in [5.74, 6) is 2.87. The van der Waals surface area contributed by atoms with Crippen LogP contribution in [0.4, 0.5) is 0 Å². The highest BCUT2D eigenvalue weighted by Gasteiger charge is 2.04. The normalized spacial score (nSPS) is 9.67. The van der Waals surface area contributed by atoms with E-state index < -0.39 is 0 Å². The smallest absolute Gasteiger partial charge is 0.116 e. The first kappa shape index (κ1) is 11.4. The van der Waals surface area contributed by atoms with E-state index in [0.717, 1.165) is 29.5 Å². The zero-order valence-electron chi connectivity index (χ0n) is 9.30. The quantitative estimate of drug-likeness (QED) is 0.743. The topological polar surface area (TPSA) is 20.2 Å². The number of aromatic hydroxyl groups is 1. The van der Waals surface area contributed by atoms with Crippen molar-refractivity contribution in [2.75, 3.05) is 0 Å². The van der Waals surface area contributed by atoms with Crippen LogP contribution in [-0.4, -0.2) is 5.11 Å². The van der Waals surface area contributed by atoms with Gasteiger partial charge in [-0.3, -0.25) is 0 Å². The molecule has 0 amide bonds. The van der Waals surface area contributed by atoms with Crippen molar-refractivity contribution < 1.29 is 5.11 Å². The molecule has 0 bridgehead atoms. The van der Waals surface area contributed by atoms with Gasteiger partial charge in [-0.05, 0) is 61.1 Å². The first-order valence-corrected chi connectivity index (χ1v) is 4.98. The molecular weight excluding hydrogens is 184 g/mol. The van der Waals surface area contributed by atoms with E-state index in [4.69, 9.17) is 6.42 Å². The Labute approximate surface area is 91.5 Å². The standard InChI is InChI=1S/C14H16O/c1-5-10(2)6-7-14-11(3)8-13(15)9-12(14)4/h1,8-9,15H,2,6-7H2,3-4H3. The fraction of sp³-hybridized carbons (Fsp3) is 0.286. The summed E-state index contributed by atoms with van der Waals surface area (Å²) in [5, 5.41) is 9.39. The highest BCUT2D eigenvalue weighted by Crippen LogP contribution is 2.22. The van der Waals surface area contributed by atoms with E-state index in [9.17, 15) is 5.11 Å². The number of allylic oxidation sites excluding steroid dienone is 1. The van der Waals surface area contributed by atoms with Crippen LogP contribution in [0.5, 0.6) is 5.75 Å². The van der Waals surface area contributed by atoms with E-state index >= 15 is 0 Å². The van der Waals surface area contributed by atoms with Gasteiger partial charge in [0.05, 0.1) is 0 Å². The first-order valence-electron chi connectivity index (χ1n) is 4.98. The number of phenols is 1. The van der Waals surface area contributed by atoms with Gasteiger partial charge in [0, 0.05) is 0 Å². The molecule has 0 fully saturated rings. The maximum atomic E-state index is 9.39. The van der Waals surface area contributed by atoms with Gasteiger partial charge in [-0.25, -0.2) is 0 Å². The second-order valence-corrected chi connectivity index (χ2v) is 3.81. The molecule has 0 unspecified atom stereocenters. The molecule has 1 aromatic carbocycles. The van der Waals surface area contributed by atoms with Crippen molar-refractivity contribution in [1.29, 1.82) is 0 Å². The molecular formula is C14H16O. The molecule has 0 heterocycles. The first-order chi connectivity index (χ1) is 7.04. The number of benzene rings is 1. The Hall–Kier alpha value is -1.68. The zero-order chi connectivity index (χ0) is 11.4. The fourth-order valence-electron chi connectivity index (χ4n) is 1.71. The van der Waals surface area contributed by atoms with Crippen molar-refractivity contribution in [3.05, 3.63) is 41.0 Å². The molecule has 1 heteroatoms. The summed E-state index contributed by atoms with van der Waals surface area (Å²) in [7, 11) is 0. The molecule has 1 rings (SSSR count). The summed E-state index contributed by atoms with van der Waals surface area (Å²) in [6, 6.07) is 3.56. The lowest BCUT2D eigenvalue weighted by Crippen LogP contribution is -1.94. The Morgan fingerprint density at radius 1 is 1.40 bits per heavy atom. The minimum absolute atomic E-state index is 0.324. The lowest BCUT2D eigenvalue weighted by atomic mass is 9.96. The van der Waals surface area contributed by atoms with Gasteiger partial charge >= 0.3 is 0 Å². The number of phenolic OH excluding ortho intramolecular Hbond substituents is 1. The van der Waals surface area contributed by atoms with Crippen LogP contribution < -0.4 is 0 Å². The van der Waals surface area contributed by atoms with Crippen LogP contribution in [0.15, 0.2) is 24.3 Å². The Morgan fingerprint density at radius 3 is 2.40 bits per heavy atom. The van der Waals surface area contributed by atoms with E-state index in [2.05, 4.69) is 12.5 Å². The van der Waals surface area contributed by atoms with Gasteiger partial charge in [-0.1, -0.05) is 12.5 Å². The molecule has 0 saturated heterocycles. The molecule has 0 aromatic heterocycles. The van der Waals surface area contributed by atoms with Gasteiger partial charge in [0.25, 0.3) is 0 Å². The summed E-state index contributed by atoms with van der Waals surface area (Å²) >= 11 is 0. The Bertz CT molecular complexity index is 398. The molecule has 0 atom stereocenters. The highest BCUT2D eigenvalue weighted by atomic mass is 16.3. The summed E-state index contributed by atoms with van der Waals surface area (Å²) in [6.45, 7) is 7.78. The number of hydrogen-bond acceptors (Lipinski definition) is 1. The molecule has 1 nitrogen and oxygen atoms in total. The van der Waals surface area contributed by atoms with Crippen molar-refractivity contribution in [1.82, 2.24) is 0 Å². The third-order valence-corrected chi connectivity index (χ3v) is 2.56. The van der Waals surface area contributed by atoms with E-state index in [-0.39, 0.29) is 0 Å². The van der Waals surface area contributed by atoms with Gasteiger partial charge in [0.15, 0.2) is 0 Å². The van der Waals surface area contributed by atoms with E-state index in [1.807, 2.05) is 13.8 Å². The van der Waals surface area contributed by atoms with Crippen LogP contribution in [0.3, 0.4) is 0 Å². The molecule has 1 N–H and O–H groups in total. The van der Waals surface area contributed by atoms with Crippen molar-refractivity contribution >= 4 is 0 Å². The SMILES string of the molecule is C#CC(=C)CCc1c(C)cc(O)cc1C. The van der Waals surface area contributed by atoms with E-state index in [0.29, 0.717) is 5.75 Å². The second-order valence-electron chi connectivity index (χ2n) is 3.81. The number of aryl methyl sites for hydroxylation is 2. The average Bonchev–Trinajstić information content (AvgIpc) is 2.15. The Kier molecular flexibility index (Phi) is 3.57. The molecule has 0 spiro atoms. The van der Waals surface area contributed by atoms with Crippen LogP contribution in [0.2, 0.25) is 0 Å². The molecule has 0 aliphatic carbocycles. The van der Waals surface area contributed by atoms with Gasteiger partial charge in [0.1, 0.15) is 5.75 Å². The molecule has 0 saturated carbocycles. The van der Waals surface area contributed by atoms with Crippen LogP contribution >= 0.6 is 0 Å². The van der Waals surface area contributed by atoms with E-state index in [1.165, 1.54) is 5.56 Å². The van der Waals surface area contributed by atoms with Crippen molar-refractivity contribution in [2.24, 2.45) is 0 Å². The van der Waals surface area contributed by atoms with Crippen LogP contribution in [0.1, 0.15) is 23.1 Å². The molecule has 1 aromatic rings. The second kappa shape index (κ2) is 4.70. The van der Waals surface area contributed by atoms with Crippen LogP contribution in [0, 0.1) is 26.2 Å². The summed E-state index contributed by atoms with van der Waals surface area (Å²) < 4.78 is 0. The number of terminal acetylenes is 1. The summed E-state index contributed by atoms with van der Waals surface area (Å²) in [5.41, 5.74) is 4.29. The number of rotatable bonds is 3. The predicted molar refractivity (Wildman–Crippen MR) is 63.9 cm³/mol. The average molecular weight is 200 g/mol. The maximum absolute atomic E-state index is 9.39. The highest BCUT2D eigenvalue weighted by molar-refractivity contribution is 5.41. The third kappa shape index (κ3) is 2.89. The fourth-order valence-corrected chi connectivity index (χ4v) is 1.71. The molecule has 0 aliphatic rings. The van der Waals surface area contributed by atoms with E-state index in [1.54, 1.807) is 12.1 Å². The Morgan fingerprint density at radius 2 is 1.93 bits per heavy atom. The summed E-state index contributed by atoms with van der Waals surface area (Å²) in [6.07, 6.45) is 6.95. The summed E-state index contributed by atoms with van der Waals surface area (Å²) in [4.78, 5) is 0. The van der Waals surface area contributed by atoms with Gasteiger partial charge in [0.2, 0.25) is 0 Å². The number of hydrogen-bond donors (Lipinski definition) is 1. The molecule has 15 heavy (non-hydrogen) atoms. The molecule has 0 radical (unpaired) electrons. The maximum Gasteiger partial charge on any atom is 0.116 e. The van der Waals surface area contributed by atoms with Crippen LogP contribution in [-0.2, 0) is 6.42 Å². The van der Waals surface area contributed by atoms with Gasteiger partial charge in [-0.2, -0.15) is 0 Å². The Balaban J connectivity index is 2.87. The lowest BCUT2D eigenvalue weighted by molar-refractivity contribution is 0.474. The minimum atomic E-state index is 0.324. The molecule has 78 valence electrons. The van der Waals surface area contributed by atoms with Gasteiger partial charge in [-0.15, -0.1) is 6.42 Å². The largest absolute Gasteiger partial charge is 0.508 e. The van der Waals surface area contributed by atoms with Gasteiger partial charge < -0.3 is 5.11 Å². The van der Waals surface area contributed by atoms with Crippen molar-refractivity contribution in [3.8, 4) is 18.1 Å². The third-order valence-electron chi connectivity index (χ3n) is 2.56. The molecule has 0 aliphatic heterocycles. The van der Waals surface area contributed by atoms with Crippen molar-refractivity contribution in [2.45, 2.75) is 26.7 Å². The van der Waals surface area contributed by atoms with Crippen molar-refractivity contribution in [3.63, 3.8) is 0 Å². The minimum Gasteiger partial charge on any atom is -0.508 e.